The number of aromatic nitrogens is 3. The van der Waals surface area contributed by atoms with Crippen LogP contribution in [0.5, 0.6) is 0 Å². The summed E-state index contributed by atoms with van der Waals surface area (Å²) in [5.74, 6) is 1.33. The van der Waals surface area contributed by atoms with Gasteiger partial charge in [0.25, 0.3) is 0 Å². The molecular weight excluding hydrogens is 188 g/mol. The number of nitrogens with two attached hydrogens (primary N) is 1. The lowest BCUT2D eigenvalue weighted by molar-refractivity contribution is 0.843. The zero-order valence-corrected chi connectivity index (χ0v) is 8.30. The van der Waals surface area contributed by atoms with Gasteiger partial charge in [0, 0.05) is 24.4 Å². The highest BCUT2D eigenvalue weighted by Crippen LogP contribution is 2.40. The van der Waals surface area contributed by atoms with Gasteiger partial charge in [-0.05, 0) is 25.0 Å². The van der Waals surface area contributed by atoms with E-state index in [2.05, 4.69) is 10.1 Å². The third kappa shape index (κ3) is 1.48. The van der Waals surface area contributed by atoms with Crippen LogP contribution in [0.2, 0.25) is 0 Å². The number of rotatable bonds is 2. The molecule has 2 heterocycles. The monoisotopic (exact) mass is 200 g/mol. The predicted octanol–water partition coefficient (Wildman–Crippen LogP) is 1.73. The topological polar surface area (TPSA) is 56.7 Å². The van der Waals surface area contributed by atoms with Crippen LogP contribution in [0.4, 0.5) is 5.82 Å². The second kappa shape index (κ2) is 3.08. The van der Waals surface area contributed by atoms with Gasteiger partial charge in [-0.2, -0.15) is 5.10 Å². The van der Waals surface area contributed by atoms with E-state index in [4.69, 9.17) is 5.73 Å². The van der Waals surface area contributed by atoms with Crippen LogP contribution in [-0.4, -0.2) is 14.8 Å². The predicted molar refractivity (Wildman–Crippen MR) is 57.7 cm³/mol. The fourth-order valence-electron chi connectivity index (χ4n) is 1.69. The van der Waals surface area contributed by atoms with E-state index in [0.717, 1.165) is 11.4 Å². The van der Waals surface area contributed by atoms with Crippen molar-refractivity contribution >= 4 is 5.82 Å². The van der Waals surface area contributed by atoms with Gasteiger partial charge >= 0.3 is 0 Å². The zero-order valence-electron chi connectivity index (χ0n) is 8.30. The summed E-state index contributed by atoms with van der Waals surface area (Å²) >= 11 is 0. The summed E-state index contributed by atoms with van der Waals surface area (Å²) in [6.45, 7) is 0. The highest BCUT2D eigenvalue weighted by atomic mass is 15.3. The second-order valence-electron chi connectivity index (χ2n) is 3.89. The van der Waals surface area contributed by atoms with E-state index >= 15 is 0 Å². The van der Waals surface area contributed by atoms with Gasteiger partial charge in [0.1, 0.15) is 5.82 Å². The summed E-state index contributed by atoms with van der Waals surface area (Å²) in [6.07, 6.45) is 5.97. The molecule has 15 heavy (non-hydrogen) atoms. The Hall–Kier alpha value is -1.84. The molecule has 0 aromatic carbocycles. The maximum absolute atomic E-state index is 5.92. The average Bonchev–Trinajstić information content (AvgIpc) is 3.04. The van der Waals surface area contributed by atoms with Gasteiger partial charge < -0.3 is 5.73 Å². The quantitative estimate of drug-likeness (QED) is 0.803. The number of anilines is 1. The molecule has 1 fully saturated rings. The molecule has 0 unspecified atom stereocenters. The van der Waals surface area contributed by atoms with Crippen molar-refractivity contribution in [3.8, 4) is 5.69 Å². The van der Waals surface area contributed by atoms with Crippen molar-refractivity contribution < 1.29 is 0 Å². The number of nitrogen functional groups attached to an aromatic ring is 1. The van der Waals surface area contributed by atoms with E-state index in [1.165, 1.54) is 12.8 Å². The van der Waals surface area contributed by atoms with E-state index in [1.807, 2.05) is 18.2 Å². The van der Waals surface area contributed by atoms with Crippen molar-refractivity contribution in [1.82, 2.24) is 14.8 Å². The zero-order chi connectivity index (χ0) is 10.3. The number of hydrogen-bond acceptors (Lipinski definition) is 3. The third-order valence-electron chi connectivity index (χ3n) is 2.66. The SMILES string of the molecule is Nc1cc(C2CC2)nn1-c1ccncc1. The molecule has 0 radical (unpaired) electrons. The molecule has 2 N–H and O–H groups in total. The van der Waals surface area contributed by atoms with Crippen LogP contribution in [0.3, 0.4) is 0 Å². The maximum Gasteiger partial charge on any atom is 0.127 e. The minimum absolute atomic E-state index is 0.635. The van der Waals surface area contributed by atoms with Gasteiger partial charge in [0.2, 0.25) is 0 Å². The Morgan fingerprint density at radius 1 is 1.27 bits per heavy atom. The molecule has 1 aliphatic carbocycles. The van der Waals surface area contributed by atoms with Crippen molar-refractivity contribution in [2.24, 2.45) is 0 Å². The summed E-state index contributed by atoms with van der Waals surface area (Å²) in [4.78, 5) is 3.97. The third-order valence-corrected chi connectivity index (χ3v) is 2.66. The molecule has 4 nitrogen and oxygen atoms in total. The van der Waals surface area contributed by atoms with Gasteiger partial charge in [-0.3, -0.25) is 4.98 Å². The molecule has 0 bridgehead atoms. The Bertz CT molecular complexity index is 471. The van der Waals surface area contributed by atoms with Crippen molar-refractivity contribution in [2.75, 3.05) is 5.73 Å². The molecule has 0 saturated heterocycles. The van der Waals surface area contributed by atoms with E-state index < -0.39 is 0 Å². The van der Waals surface area contributed by atoms with Gasteiger partial charge in [-0.25, -0.2) is 4.68 Å². The standard InChI is InChI=1S/C11H12N4/c12-11-7-10(8-1-2-8)14-15(11)9-3-5-13-6-4-9/h3-8H,1-2,12H2. The Morgan fingerprint density at radius 2 is 2.00 bits per heavy atom. The van der Waals surface area contributed by atoms with E-state index in [-0.39, 0.29) is 0 Å². The number of hydrogen-bond donors (Lipinski definition) is 1. The molecule has 0 atom stereocenters. The molecule has 0 amide bonds. The fourth-order valence-corrected chi connectivity index (χ4v) is 1.69. The lowest BCUT2D eigenvalue weighted by Gasteiger charge is -2.01. The summed E-state index contributed by atoms with van der Waals surface area (Å²) in [5.41, 5.74) is 8.00. The van der Waals surface area contributed by atoms with Crippen LogP contribution in [0.15, 0.2) is 30.6 Å². The Labute approximate surface area is 87.7 Å². The van der Waals surface area contributed by atoms with Crippen molar-refractivity contribution in [3.63, 3.8) is 0 Å². The summed E-state index contributed by atoms with van der Waals surface area (Å²) < 4.78 is 1.77. The Kier molecular flexibility index (Phi) is 1.74. The first-order chi connectivity index (χ1) is 7.34. The number of nitrogens with zero attached hydrogens (tertiary/aromatic N) is 3. The first kappa shape index (κ1) is 8.47. The molecule has 0 aliphatic heterocycles. The second-order valence-corrected chi connectivity index (χ2v) is 3.89. The molecule has 2 aromatic heterocycles. The molecule has 2 aromatic rings. The maximum atomic E-state index is 5.92. The number of pyridine rings is 1. The smallest absolute Gasteiger partial charge is 0.127 e. The van der Waals surface area contributed by atoms with Crippen LogP contribution in [0.1, 0.15) is 24.5 Å². The minimum atomic E-state index is 0.635. The van der Waals surface area contributed by atoms with Crippen LogP contribution >= 0.6 is 0 Å². The van der Waals surface area contributed by atoms with Crippen LogP contribution < -0.4 is 5.73 Å². The van der Waals surface area contributed by atoms with Gasteiger partial charge in [-0.15, -0.1) is 0 Å². The first-order valence-electron chi connectivity index (χ1n) is 5.10. The largest absolute Gasteiger partial charge is 0.384 e. The molecule has 1 saturated carbocycles. The Morgan fingerprint density at radius 3 is 2.67 bits per heavy atom. The highest BCUT2D eigenvalue weighted by Gasteiger charge is 2.27. The van der Waals surface area contributed by atoms with Crippen LogP contribution in [0, 0.1) is 0 Å². The average molecular weight is 200 g/mol. The van der Waals surface area contributed by atoms with Gasteiger partial charge in [0.05, 0.1) is 11.4 Å². The fraction of sp³-hybridized carbons (Fsp3) is 0.273. The Balaban J connectivity index is 2.04. The summed E-state index contributed by atoms with van der Waals surface area (Å²) in [5, 5.41) is 4.51. The minimum Gasteiger partial charge on any atom is -0.384 e. The van der Waals surface area contributed by atoms with Gasteiger partial charge in [-0.1, -0.05) is 0 Å². The summed E-state index contributed by atoms with van der Waals surface area (Å²) in [7, 11) is 0. The molecule has 1 aliphatic rings. The van der Waals surface area contributed by atoms with Crippen molar-refractivity contribution in [2.45, 2.75) is 18.8 Å². The first-order valence-corrected chi connectivity index (χ1v) is 5.10. The normalized spacial score (nSPS) is 15.5. The van der Waals surface area contributed by atoms with E-state index in [1.54, 1.807) is 17.1 Å². The molecule has 4 heteroatoms. The molecule has 0 spiro atoms. The molecule has 3 rings (SSSR count). The lowest BCUT2D eigenvalue weighted by Crippen LogP contribution is -2.01. The van der Waals surface area contributed by atoms with Crippen LogP contribution in [0.25, 0.3) is 5.69 Å². The summed E-state index contributed by atoms with van der Waals surface area (Å²) in [6, 6.07) is 5.78. The molecular formula is C11H12N4. The lowest BCUT2D eigenvalue weighted by atomic mass is 10.3. The van der Waals surface area contributed by atoms with Crippen molar-refractivity contribution in [1.29, 1.82) is 0 Å². The van der Waals surface area contributed by atoms with Gasteiger partial charge in [0.15, 0.2) is 0 Å². The van der Waals surface area contributed by atoms with Crippen LogP contribution in [-0.2, 0) is 0 Å². The highest BCUT2D eigenvalue weighted by molar-refractivity contribution is 5.43. The van der Waals surface area contributed by atoms with E-state index in [9.17, 15) is 0 Å². The van der Waals surface area contributed by atoms with E-state index in [0.29, 0.717) is 11.7 Å². The molecule has 76 valence electrons. The van der Waals surface area contributed by atoms with Crippen molar-refractivity contribution in [3.05, 3.63) is 36.3 Å².